The third-order valence-corrected chi connectivity index (χ3v) is 2.45. The highest BCUT2D eigenvalue weighted by atomic mass is 79.9. The highest BCUT2D eigenvalue weighted by Crippen LogP contribution is 2.24. The monoisotopic (exact) mass is 283 g/mol. The van der Waals surface area contributed by atoms with E-state index in [0.717, 1.165) is 0 Å². The number of carboxylic acids is 1. The molecule has 0 aliphatic rings. The fourth-order valence-corrected chi connectivity index (χ4v) is 1.49. The van der Waals surface area contributed by atoms with E-state index in [-0.39, 0.29) is 11.3 Å². The van der Waals surface area contributed by atoms with Crippen molar-refractivity contribution in [2.45, 2.75) is 19.4 Å². The molecule has 0 heterocycles. The van der Waals surface area contributed by atoms with Crippen molar-refractivity contribution in [1.29, 1.82) is 5.26 Å². The Morgan fingerprint density at radius 2 is 2.38 bits per heavy atom. The van der Waals surface area contributed by atoms with Gasteiger partial charge in [-0.3, -0.25) is 0 Å². The van der Waals surface area contributed by atoms with Gasteiger partial charge in [0.25, 0.3) is 0 Å². The first kappa shape index (κ1) is 12.5. The van der Waals surface area contributed by atoms with Gasteiger partial charge >= 0.3 is 5.97 Å². The summed E-state index contributed by atoms with van der Waals surface area (Å²) in [7, 11) is 0. The summed E-state index contributed by atoms with van der Waals surface area (Å²) in [5, 5.41) is 17.7. The van der Waals surface area contributed by atoms with Gasteiger partial charge in [0.05, 0.1) is 0 Å². The second-order valence-corrected chi connectivity index (χ2v) is 4.01. The lowest BCUT2D eigenvalue weighted by atomic mass is 10.2. The second kappa shape index (κ2) is 5.52. The normalized spacial score (nSPS) is 11.6. The maximum Gasteiger partial charge on any atom is 0.339 e. The fourth-order valence-electron chi connectivity index (χ4n) is 1.13. The van der Waals surface area contributed by atoms with E-state index in [2.05, 4.69) is 15.9 Å². The minimum Gasteiger partial charge on any atom is -0.478 e. The first-order valence-corrected chi connectivity index (χ1v) is 5.47. The molecule has 16 heavy (non-hydrogen) atoms. The van der Waals surface area contributed by atoms with E-state index in [1.807, 2.05) is 6.07 Å². The van der Waals surface area contributed by atoms with Crippen LogP contribution in [0.15, 0.2) is 22.7 Å². The summed E-state index contributed by atoms with van der Waals surface area (Å²) in [6, 6.07) is 6.61. The van der Waals surface area contributed by atoms with Crippen LogP contribution in [0, 0.1) is 11.3 Å². The summed E-state index contributed by atoms with van der Waals surface area (Å²) < 4.78 is 5.95. The molecule has 1 atom stereocenters. The molecule has 84 valence electrons. The Labute approximate surface area is 102 Å². The number of ether oxygens (including phenoxy) is 1. The van der Waals surface area contributed by atoms with Crippen molar-refractivity contribution in [2.75, 3.05) is 0 Å². The van der Waals surface area contributed by atoms with Crippen LogP contribution in [0.2, 0.25) is 0 Å². The van der Waals surface area contributed by atoms with Crippen molar-refractivity contribution < 1.29 is 14.6 Å². The van der Waals surface area contributed by atoms with Crippen LogP contribution in [-0.2, 0) is 0 Å². The third-order valence-electron chi connectivity index (χ3n) is 1.96. The van der Waals surface area contributed by atoms with E-state index in [9.17, 15) is 4.79 Å². The van der Waals surface area contributed by atoms with Crippen LogP contribution in [0.25, 0.3) is 0 Å². The van der Waals surface area contributed by atoms with Gasteiger partial charge in [-0.25, -0.2) is 4.79 Å². The molecule has 0 aromatic heterocycles. The van der Waals surface area contributed by atoms with Gasteiger partial charge in [0.2, 0.25) is 0 Å². The molecule has 4 nitrogen and oxygen atoms in total. The van der Waals surface area contributed by atoms with Crippen LogP contribution in [0.1, 0.15) is 23.7 Å². The molecule has 0 aliphatic heterocycles. The van der Waals surface area contributed by atoms with E-state index >= 15 is 0 Å². The molecule has 1 N–H and O–H groups in total. The number of rotatable bonds is 4. The molecule has 0 fully saturated rings. The van der Waals surface area contributed by atoms with E-state index in [1.54, 1.807) is 13.0 Å². The zero-order valence-corrected chi connectivity index (χ0v) is 10.2. The van der Waals surface area contributed by atoms with Gasteiger partial charge in [0.1, 0.15) is 17.4 Å². The SMILES string of the molecule is CCC(C#N)Oc1ccc(Br)cc1C(=O)O. The maximum atomic E-state index is 10.9. The van der Waals surface area contributed by atoms with Gasteiger partial charge < -0.3 is 9.84 Å². The first-order valence-electron chi connectivity index (χ1n) is 4.67. The van der Waals surface area contributed by atoms with Crippen LogP contribution < -0.4 is 4.74 Å². The number of hydrogen-bond acceptors (Lipinski definition) is 3. The van der Waals surface area contributed by atoms with Gasteiger partial charge in [-0.2, -0.15) is 5.26 Å². The number of nitrogens with zero attached hydrogens (tertiary/aromatic N) is 1. The lowest BCUT2D eigenvalue weighted by molar-refractivity contribution is 0.0690. The van der Waals surface area contributed by atoms with Crippen molar-refractivity contribution in [3.8, 4) is 11.8 Å². The number of halogens is 1. The molecule has 1 aromatic rings. The predicted octanol–water partition coefficient (Wildman–Crippen LogP) is 2.83. The van der Waals surface area contributed by atoms with Gasteiger partial charge in [-0.05, 0) is 24.6 Å². The molecule has 0 bridgehead atoms. The molecular formula is C11H10BrNO3. The van der Waals surface area contributed by atoms with E-state index in [0.29, 0.717) is 10.9 Å². The highest BCUT2D eigenvalue weighted by Gasteiger charge is 2.15. The average Bonchev–Trinajstić information content (AvgIpc) is 2.27. The van der Waals surface area contributed by atoms with Crippen LogP contribution in [0.4, 0.5) is 0 Å². The Kier molecular flexibility index (Phi) is 4.32. The molecule has 0 aliphatic carbocycles. The largest absolute Gasteiger partial charge is 0.478 e. The fraction of sp³-hybridized carbons (Fsp3) is 0.273. The van der Waals surface area contributed by atoms with Crippen molar-refractivity contribution in [2.24, 2.45) is 0 Å². The molecule has 0 saturated heterocycles. The average molecular weight is 284 g/mol. The summed E-state index contributed by atoms with van der Waals surface area (Å²) in [5.74, 6) is -0.867. The third kappa shape index (κ3) is 2.97. The topological polar surface area (TPSA) is 70.3 Å². The van der Waals surface area contributed by atoms with Gasteiger partial charge in [0.15, 0.2) is 6.10 Å². The molecule has 0 radical (unpaired) electrons. The van der Waals surface area contributed by atoms with Crippen LogP contribution in [-0.4, -0.2) is 17.2 Å². The maximum absolute atomic E-state index is 10.9. The van der Waals surface area contributed by atoms with E-state index in [4.69, 9.17) is 15.1 Å². The molecule has 0 amide bonds. The Morgan fingerprint density at radius 3 is 2.88 bits per heavy atom. The second-order valence-electron chi connectivity index (χ2n) is 3.09. The van der Waals surface area contributed by atoms with Crippen molar-refractivity contribution in [3.05, 3.63) is 28.2 Å². The van der Waals surface area contributed by atoms with Crippen LogP contribution >= 0.6 is 15.9 Å². The van der Waals surface area contributed by atoms with E-state index in [1.165, 1.54) is 12.1 Å². The summed E-state index contributed by atoms with van der Waals surface area (Å²) >= 11 is 3.18. The van der Waals surface area contributed by atoms with E-state index < -0.39 is 12.1 Å². The highest BCUT2D eigenvalue weighted by molar-refractivity contribution is 9.10. The molecule has 0 spiro atoms. The first-order chi connectivity index (χ1) is 7.58. The minimum atomic E-state index is -1.08. The Hall–Kier alpha value is -1.54. The molecule has 1 rings (SSSR count). The summed E-state index contributed by atoms with van der Waals surface area (Å²) in [6.45, 7) is 1.80. The van der Waals surface area contributed by atoms with Gasteiger partial charge in [-0.1, -0.05) is 22.9 Å². The molecule has 1 aromatic carbocycles. The number of carboxylic acid groups (broad SMARTS) is 1. The number of aromatic carboxylic acids is 1. The Morgan fingerprint density at radius 1 is 1.69 bits per heavy atom. The summed E-state index contributed by atoms with van der Waals surface area (Å²) in [4.78, 5) is 10.9. The van der Waals surface area contributed by atoms with Crippen LogP contribution in [0.5, 0.6) is 5.75 Å². The lowest BCUT2D eigenvalue weighted by Crippen LogP contribution is -2.14. The minimum absolute atomic E-state index is 0.0445. The standard InChI is InChI=1S/C11H10BrNO3/c1-2-8(6-13)16-10-4-3-7(12)5-9(10)11(14)15/h3-5,8H,2H2,1H3,(H,14,15). The Bertz CT molecular complexity index is 439. The summed E-state index contributed by atoms with van der Waals surface area (Å²) in [6.07, 6.45) is -0.120. The quantitative estimate of drug-likeness (QED) is 0.922. The van der Waals surface area contributed by atoms with Crippen molar-refractivity contribution >= 4 is 21.9 Å². The predicted molar refractivity (Wildman–Crippen MR) is 61.4 cm³/mol. The number of hydrogen-bond donors (Lipinski definition) is 1. The molecule has 0 saturated carbocycles. The van der Waals surface area contributed by atoms with Gasteiger partial charge in [0, 0.05) is 4.47 Å². The number of carbonyl (C=O) groups is 1. The molecule has 1 unspecified atom stereocenters. The smallest absolute Gasteiger partial charge is 0.339 e. The number of nitriles is 1. The summed E-state index contributed by atoms with van der Waals surface area (Å²) in [5.41, 5.74) is 0.0445. The molecular weight excluding hydrogens is 274 g/mol. The Balaban J connectivity index is 3.04. The van der Waals surface area contributed by atoms with Gasteiger partial charge in [-0.15, -0.1) is 0 Å². The zero-order valence-electron chi connectivity index (χ0n) is 8.61. The van der Waals surface area contributed by atoms with Crippen molar-refractivity contribution in [3.63, 3.8) is 0 Å². The zero-order chi connectivity index (χ0) is 12.1. The van der Waals surface area contributed by atoms with Crippen molar-refractivity contribution in [1.82, 2.24) is 0 Å². The lowest BCUT2D eigenvalue weighted by Gasteiger charge is -2.12. The number of benzene rings is 1. The van der Waals surface area contributed by atoms with Crippen LogP contribution in [0.3, 0.4) is 0 Å². The molecule has 5 heteroatoms.